The van der Waals surface area contributed by atoms with Gasteiger partial charge in [0.05, 0.1) is 10.5 Å². The third-order valence-electron chi connectivity index (χ3n) is 4.37. The average molecular weight is 279 g/mol. The van der Waals surface area contributed by atoms with Crippen LogP contribution in [0.15, 0.2) is 24.4 Å². The van der Waals surface area contributed by atoms with Crippen LogP contribution >= 0.6 is 0 Å². The summed E-state index contributed by atoms with van der Waals surface area (Å²) in [6.07, 6.45) is 4.51. The first-order chi connectivity index (χ1) is 9.07. The third kappa shape index (κ3) is 2.31. The van der Waals surface area contributed by atoms with Gasteiger partial charge in [0, 0.05) is 24.2 Å². The van der Waals surface area contributed by atoms with E-state index in [4.69, 9.17) is 0 Å². The van der Waals surface area contributed by atoms with E-state index in [9.17, 15) is 13.2 Å². The number of hydrogen-bond acceptors (Lipinski definition) is 4. The first kappa shape index (κ1) is 12.8. The number of carbonyl (C=O) groups excluding carboxylic acids is 1. The summed E-state index contributed by atoms with van der Waals surface area (Å²) in [6, 6.07) is 5.53. The van der Waals surface area contributed by atoms with Gasteiger partial charge in [-0.2, -0.15) is 0 Å². The van der Waals surface area contributed by atoms with Crippen molar-refractivity contribution in [2.75, 3.05) is 0 Å². The molecule has 2 aliphatic rings. The fourth-order valence-electron chi connectivity index (χ4n) is 3.30. The van der Waals surface area contributed by atoms with Crippen LogP contribution in [0.5, 0.6) is 0 Å². The van der Waals surface area contributed by atoms with Crippen molar-refractivity contribution in [2.45, 2.75) is 42.6 Å². The number of fused-ring (bicyclic) bond motifs is 2. The Morgan fingerprint density at radius 2 is 1.89 bits per heavy atom. The number of aromatic nitrogens is 1. The maximum absolute atomic E-state index is 12.3. The molecule has 2 fully saturated rings. The molecule has 5 heteroatoms. The van der Waals surface area contributed by atoms with Crippen LogP contribution in [0, 0.1) is 5.92 Å². The highest BCUT2D eigenvalue weighted by molar-refractivity contribution is 7.93. The number of pyridine rings is 1. The molecule has 0 saturated carbocycles. The molecule has 0 radical (unpaired) electrons. The monoisotopic (exact) mass is 279 g/mol. The van der Waals surface area contributed by atoms with E-state index in [-0.39, 0.29) is 22.2 Å². The lowest BCUT2D eigenvalue weighted by Crippen LogP contribution is -2.36. The Bertz CT molecular complexity index is 562. The minimum absolute atomic E-state index is 0.0944. The number of sulfone groups is 1. The van der Waals surface area contributed by atoms with Gasteiger partial charge < -0.3 is 0 Å². The van der Waals surface area contributed by atoms with Crippen molar-refractivity contribution in [1.29, 1.82) is 0 Å². The molecule has 0 spiro atoms. The van der Waals surface area contributed by atoms with E-state index in [0.717, 1.165) is 18.5 Å². The number of rotatable bonds is 3. The Hall–Kier alpha value is -1.23. The van der Waals surface area contributed by atoms with Crippen LogP contribution in [0.2, 0.25) is 0 Å². The van der Waals surface area contributed by atoms with E-state index < -0.39 is 9.84 Å². The van der Waals surface area contributed by atoms with Crippen molar-refractivity contribution in [3.8, 4) is 0 Å². The second-order valence-corrected chi connectivity index (χ2v) is 8.05. The third-order valence-corrected chi connectivity index (χ3v) is 7.09. The highest BCUT2D eigenvalue weighted by Crippen LogP contribution is 2.41. The highest BCUT2D eigenvalue weighted by atomic mass is 32.2. The SMILES string of the molecule is O=C(Cc1ccccn1)C1CC2CCC(C1)S2(=O)=O. The predicted molar refractivity (Wildman–Crippen MR) is 71.4 cm³/mol. The Labute approximate surface area is 113 Å². The zero-order valence-corrected chi connectivity index (χ0v) is 11.5. The van der Waals surface area contributed by atoms with E-state index in [1.54, 1.807) is 6.20 Å². The number of Topliss-reactive ketones (excluding diaryl/α,β-unsaturated/α-hetero) is 1. The molecule has 0 aliphatic carbocycles. The lowest BCUT2D eigenvalue weighted by atomic mass is 9.92. The van der Waals surface area contributed by atoms with E-state index >= 15 is 0 Å². The van der Waals surface area contributed by atoms with Gasteiger partial charge in [0.2, 0.25) is 0 Å². The van der Waals surface area contributed by atoms with Crippen molar-refractivity contribution in [3.05, 3.63) is 30.1 Å². The molecule has 2 bridgehead atoms. The number of hydrogen-bond donors (Lipinski definition) is 0. The standard InChI is InChI=1S/C14H17NO3S/c16-14(9-11-3-1-2-6-15-11)10-7-12-4-5-13(8-10)19(12,17)18/h1-3,6,10,12-13H,4-5,7-9H2. The first-order valence-electron chi connectivity index (χ1n) is 6.72. The van der Waals surface area contributed by atoms with E-state index in [1.165, 1.54) is 0 Å². The second-order valence-electron chi connectivity index (χ2n) is 5.54. The maximum Gasteiger partial charge on any atom is 0.156 e. The van der Waals surface area contributed by atoms with Crippen LogP contribution in [0.4, 0.5) is 0 Å². The summed E-state index contributed by atoms with van der Waals surface area (Å²) in [5.41, 5.74) is 0.772. The second kappa shape index (κ2) is 4.71. The molecule has 19 heavy (non-hydrogen) atoms. The van der Waals surface area contributed by atoms with Gasteiger partial charge in [-0.05, 0) is 37.8 Å². The van der Waals surface area contributed by atoms with Gasteiger partial charge in [0.1, 0.15) is 5.78 Å². The normalized spacial score (nSPS) is 32.1. The summed E-state index contributed by atoms with van der Waals surface area (Å²) in [4.78, 5) is 16.4. The Balaban J connectivity index is 1.70. The summed E-state index contributed by atoms with van der Waals surface area (Å²) < 4.78 is 24.0. The van der Waals surface area contributed by atoms with Gasteiger partial charge in [-0.15, -0.1) is 0 Å². The van der Waals surface area contributed by atoms with Crippen LogP contribution in [0.3, 0.4) is 0 Å². The average Bonchev–Trinajstić information content (AvgIpc) is 2.59. The van der Waals surface area contributed by atoms with Crippen molar-refractivity contribution in [3.63, 3.8) is 0 Å². The Kier molecular flexibility index (Phi) is 3.17. The maximum atomic E-state index is 12.3. The summed E-state index contributed by atoms with van der Waals surface area (Å²) in [5.74, 6) is 0.0496. The molecule has 2 aliphatic heterocycles. The topological polar surface area (TPSA) is 64.1 Å². The van der Waals surface area contributed by atoms with Crippen LogP contribution in [0.1, 0.15) is 31.4 Å². The van der Waals surface area contributed by atoms with Crippen LogP contribution in [-0.2, 0) is 21.1 Å². The van der Waals surface area contributed by atoms with E-state index in [0.29, 0.717) is 19.3 Å². The van der Waals surface area contributed by atoms with Gasteiger partial charge in [-0.3, -0.25) is 9.78 Å². The molecule has 0 N–H and O–H groups in total. The molecule has 4 nitrogen and oxygen atoms in total. The van der Waals surface area contributed by atoms with Crippen molar-refractivity contribution < 1.29 is 13.2 Å². The van der Waals surface area contributed by atoms with E-state index in [1.807, 2.05) is 18.2 Å². The van der Waals surface area contributed by atoms with Gasteiger partial charge >= 0.3 is 0 Å². The fourth-order valence-corrected chi connectivity index (χ4v) is 5.77. The highest BCUT2D eigenvalue weighted by Gasteiger charge is 2.48. The Morgan fingerprint density at radius 3 is 2.47 bits per heavy atom. The molecule has 3 heterocycles. The molecule has 2 unspecified atom stereocenters. The van der Waals surface area contributed by atoms with Gasteiger partial charge in [-0.25, -0.2) is 8.42 Å². The molecule has 1 aromatic heterocycles. The summed E-state index contributed by atoms with van der Waals surface area (Å²) in [6.45, 7) is 0. The van der Waals surface area contributed by atoms with Crippen molar-refractivity contribution in [2.24, 2.45) is 5.92 Å². The molecule has 102 valence electrons. The minimum atomic E-state index is -2.94. The Morgan fingerprint density at radius 1 is 1.21 bits per heavy atom. The van der Waals surface area contributed by atoms with Gasteiger partial charge in [0.15, 0.2) is 9.84 Å². The molecule has 2 atom stereocenters. The molecular weight excluding hydrogens is 262 g/mol. The molecule has 0 aromatic carbocycles. The zero-order valence-electron chi connectivity index (χ0n) is 10.7. The summed E-state index contributed by atoms with van der Waals surface area (Å²) >= 11 is 0. The number of carbonyl (C=O) groups is 1. The smallest absolute Gasteiger partial charge is 0.156 e. The fraction of sp³-hybridized carbons (Fsp3) is 0.571. The lowest BCUT2D eigenvalue weighted by molar-refractivity contribution is -0.122. The predicted octanol–water partition coefficient (Wildman–Crippen LogP) is 1.55. The number of nitrogens with zero attached hydrogens (tertiary/aromatic N) is 1. The molecule has 0 amide bonds. The van der Waals surface area contributed by atoms with Crippen LogP contribution < -0.4 is 0 Å². The summed E-state index contributed by atoms with van der Waals surface area (Å²) in [5, 5.41) is -0.548. The van der Waals surface area contributed by atoms with Crippen molar-refractivity contribution >= 4 is 15.6 Å². The van der Waals surface area contributed by atoms with E-state index in [2.05, 4.69) is 4.98 Å². The van der Waals surface area contributed by atoms with Crippen LogP contribution in [-0.4, -0.2) is 29.7 Å². The zero-order chi connectivity index (χ0) is 13.5. The largest absolute Gasteiger partial charge is 0.299 e. The molecular formula is C14H17NO3S. The lowest BCUT2D eigenvalue weighted by Gasteiger charge is -2.26. The number of ketones is 1. The van der Waals surface area contributed by atoms with Gasteiger partial charge in [-0.1, -0.05) is 6.07 Å². The quantitative estimate of drug-likeness (QED) is 0.842. The van der Waals surface area contributed by atoms with Crippen molar-refractivity contribution in [1.82, 2.24) is 4.98 Å². The minimum Gasteiger partial charge on any atom is -0.299 e. The molecule has 2 saturated heterocycles. The molecule has 3 rings (SSSR count). The summed E-state index contributed by atoms with van der Waals surface area (Å²) in [7, 11) is -2.94. The molecule has 1 aromatic rings. The first-order valence-corrected chi connectivity index (χ1v) is 8.33. The van der Waals surface area contributed by atoms with Gasteiger partial charge in [0.25, 0.3) is 0 Å². The van der Waals surface area contributed by atoms with Crippen LogP contribution in [0.25, 0.3) is 0 Å².